The van der Waals surface area contributed by atoms with Crippen LogP contribution < -0.4 is 10.5 Å². The van der Waals surface area contributed by atoms with E-state index in [-0.39, 0.29) is 5.92 Å². The molecule has 1 aliphatic heterocycles. The lowest BCUT2D eigenvalue weighted by molar-refractivity contribution is 0.195. The molecule has 1 aliphatic carbocycles. The highest BCUT2D eigenvalue weighted by Crippen LogP contribution is 2.43. The predicted molar refractivity (Wildman–Crippen MR) is 138 cm³/mol. The number of hydrogen-bond donors (Lipinski definition) is 2. The Morgan fingerprint density at radius 2 is 2.16 bits per heavy atom. The third-order valence-corrected chi connectivity index (χ3v) is 7.83. The van der Waals surface area contributed by atoms with Crippen molar-refractivity contribution in [3.63, 3.8) is 0 Å². The molecule has 2 atom stereocenters. The van der Waals surface area contributed by atoms with Gasteiger partial charge in [-0.3, -0.25) is 5.10 Å². The Morgan fingerprint density at radius 3 is 2.95 bits per heavy atom. The summed E-state index contributed by atoms with van der Waals surface area (Å²) in [6.45, 7) is 3.72. The fourth-order valence-electron chi connectivity index (χ4n) is 5.80. The van der Waals surface area contributed by atoms with Crippen LogP contribution in [-0.2, 0) is 12.8 Å². The van der Waals surface area contributed by atoms with Crippen LogP contribution in [0.15, 0.2) is 22.9 Å². The number of anilines is 1. The van der Waals surface area contributed by atoms with Gasteiger partial charge in [-0.05, 0) is 69.3 Å². The van der Waals surface area contributed by atoms with Crippen LogP contribution in [0.1, 0.15) is 66.5 Å². The number of ether oxygens (including phenoxy) is 1. The summed E-state index contributed by atoms with van der Waals surface area (Å²) in [4.78, 5) is 11.8. The van der Waals surface area contributed by atoms with Gasteiger partial charge in [0.05, 0.1) is 11.8 Å². The molecule has 190 valence electrons. The van der Waals surface area contributed by atoms with Crippen LogP contribution in [0.3, 0.4) is 0 Å². The van der Waals surface area contributed by atoms with Crippen LogP contribution in [0.25, 0.3) is 22.6 Å². The van der Waals surface area contributed by atoms with Gasteiger partial charge in [-0.25, -0.2) is 4.98 Å². The number of nitriles is 1. The predicted octanol–water partition coefficient (Wildman–Crippen LogP) is 3.97. The number of likely N-dealkylation sites (tertiary alicyclic amines) is 1. The Kier molecular flexibility index (Phi) is 6.00. The second kappa shape index (κ2) is 9.48. The summed E-state index contributed by atoms with van der Waals surface area (Å²) in [5, 5.41) is 22.2. The average molecular weight is 499 g/mol. The number of H-pyrrole nitrogens is 1. The smallest absolute Gasteiger partial charge is 0.228 e. The molecule has 0 spiro atoms. The van der Waals surface area contributed by atoms with Crippen LogP contribution in [0.4, 0.5) is 5.69 Å². The SMILES string of the molecule is CCc1ccc(N)c(C#N)c1C1CCCc2c(-c3nc(OCC4CCCN4C)c4cn[nH]c4n3)noc21. The maximum atomic E-state index is 9.91. The maximum absolute atomic E-state index is 9.91. The van der Waals surface area contributed by atoms with Gasteiger partial charge < -0.3 is 19.9 Å². The molecule has 3 N–H and O–H groups in total. The van der Waals surface area contributed by atoms with Crippen molar-refractivity contribution >= 4 is 16.7 Å². The van der Waals surface area contributed by atoms with Gasteiger partial charge in [-0.15, -0.1) is 0 Å². The van der Waals surface area contributed by atoms with Crippen molar-refractivity contribution in [1.82, 2.24) is 30.2 Å². The average Bonchev–Trinajstić information content (AvgIpc) is 3.66. The molecule has 37 heavy (non-hydrogen) atoms. The van der Waals surface area contributed by atoms with Crippen molar-refractivity contribution in [3.05, 3.63) is 46.3 Å². The van der Waals surface area contributed by atoms with Crippen molar-refractivity contribution in [2.45, 2.75) is 57.4 Å². The minimum absolute atomic E-state index is 0.0948. The number of nitrogens with zero attached hydrogens (tertiary/aromatic N) is 6. The topological polar surface area (TPSA) is 143 Å². The number of hydrogen-bond acceptors (Lipinski definition) is 9. The van der Waals surface area contributed by atoms with E-state index in [1.54, 1.807) is 6.20 Å². The summed E-state index contributed by atoms with van der Waals surface area (Å²) in [7, 11) is 2.13. The second-order valence-corrected chi connectivity index (χ2v) is 9.96. The number of benzene rings is 1. The molecule has 1 saturated heterocycles. The summed E-state index contributed by atoms with van der Waals surface area (Å²) in [6, 6.07) is 6.52. The number of nitrogens with one attached hydrogen (secondary N) is 1. The Morgan fingerprint density at radius 1 is 1.27 bits per heavy atom. The van der Waals surface area contributed by atoms with E-state index in [9.17, 15) is 5.26 Å². The summed E-state index contributed by atoms with van der Waals surface area (Å²) in [5.41, 5.74) is 11.5. The van der Waals surface area contributed by atoms with Gasteiger partial charge in [0.15, 0.2) is 17.2 Å². The van der Waals surface area contributed by atoms with Crippen molar-refractivity contribution in [2.75, 3.05) is 25.9 Å². The first-order valence-corrected chi connectivity index (χ1v) is 12.9. The lowest BCUT2D eigenvalue weighted by Crippen LogP contribution is -2.30. The Labute approximate surface area is 214 Å². The normalized spacial score (nSPS) is 19.7. The molecule has 6 rings (SSSR count). The van der Waals surface area contributed by atoms with E-state index in [1.807, 2.05) is 12.1 Å². The van der Waals surface area contributed by atoms with E-state index in [4.69, 9.17) is 25.0 Å². The molecule has 1 fully saturated rings. The lowest BCUT2D eigenvalue weighted by Gasteiger charge is -2.24. The van der Waals surface area contributed by atoms with Gasteiger partial charge in [0, 0.05) is 23.2 Å². The van der Waals surface area contributed by atoms with E-state index in [2.05, 4.69) is 40.3 Å². The molecule has 3 aromatic heterocycles. The van der Waals surface area contributed by atoms with Crippen LogP contribution in [0.5, 0.6) is 5.88 Å². The summed E-state index contributed by atoms with van der Waals surface area (Å²) < 4.78 is 12.2. The highest BCUT2D eigenvalue weighted by Gasteiger charge is 2.34. The Balaban J connectivity index is 1.40. The van der Waals surface area contributed by atoms with Gasteiger partial charge in [-0.2, -0.15) is 15.3 Å². The standard InChI is InChI=1S/C27H30N8O2/c1-3-15-9-10-21(29)19(12-28)22(15)17-7-4-8-18-23(34-37-24(17)18)26-31-25-20(13-30-33-25)27(32-26)36-14-16-6-5-11-35(16)2/h9-10,13,16-17H,3-8,11,14,29H2,1-2H3,(H,30,31,32,33). The van der Waals surface area contributed by atoms with Gasteiger partial charge in [0.2, 0.25) is 5.88 Å². The zero-order valence-electron chi connectivity index (χ0n) is 21.1. The number of rotatable bonds is 6. The van der Waals surface area contributed by atoms with Gasteiger partial charge in [0.1, 0.15) is 23.8 Å². The molecule has 0 saturated carbocycles. The first-order valence-electron chi connectivity index (χ1n) is 12.9. The number of nitrogens with two attached hydrogens (primary N) is 1. The van der Waals surface area contributed by atoms with E-state index < -0.39 is 0 Å². The fourth-order valence-corrected chi connectivity index (χ4v) is 5.80. The maximum Gasteiger partial charge on any atom is 0.228 e. The first kappa shape index (κ1) is 23.4. The van der Waals surface area contributed by atoms with Gasteiger partial charge >= 0.3 is 0 Å². The molecule has 0 bridgehead atoms. The number of fused-ring (bicyclic) bond motifs is 2. The van der Waals surface area contributed by atoms with Crippen LogP contribution in [-0.4, -0.2) is 56.5 Å². The summed E-state index contributed by atoms with van der Waals surface area (Å²) in [6.07, 6.45) is 7.35. The molecule has 4 heterocycles. The van der Waals surface area contributed by atoms with Crippen molar-refractivity contribution in [2.24, 2.45) is 0 Å². The summed E-state index contributed by atoms with van der Waals surface area (Å²) in [5.74, 6) is 1.61. The highest BCUT2D eigenvalue weighted by atomic mass is 16.5. The highest BCUT2D eigenvalue weighted by molar-refractivity contribution is 5.81. The molecule has 10 nitrogen and oxygen atoms in total. The lowest BCUT2D eigenvalue weighted by atomic mass is 9.78. The minimum Gasteiger partial charge on any atom is -0.475 e. The number of aromatic amines is 1. The van der Waals surface area contributed by atoms with Crippen molar-refractivity contribution in [3.8, 4) is 23.5 Å². The van der Waals surface area contributed by atoms with E-state index >= 15 is 0 Å². The first-order chi connectivity index (χ1) is 18.1. The number of aromatic nitrogens is 5. The fraction of sp³-hybridized carbons (Fsp3) is 0.444. The Hall–Kier alpha value is -3.97. The number of aryl methyl sites for hydroxylation is 1. The molecule has 2 aliphatic rings. The third kappa shape index (κ3) is 4.00. The molecule has 0 radical (unpaired) electrons. The molecular formula is C27H30N8O2. The monoisotopic (exact) mass is 498 g/mol. The van der Waals surface area contributed by atoms with Crippen molar-refractivity contribution in [1.29, 1.82) is 5.26 Å². The van der Waals surface area contributed by atoms with Crippen molar-refractivity contribution < 1.29 is 9.26 Å². The van der Waals surface area contributed by atoms with E-state index in [0.717, 1.165) is 66.5 Å². The number of likely N-dealkylation sites (N-methyl/N-ethyl adjacent to an activating group) is 1. The third-order valence-electron chi connectivity index (χ3n) is 7.83. The van der Waals surface area contributed by atoms with Crippen LogP contribution >= 0.6 is 0 Å². The molecule has 2 unspecified atom stereocenters. The molecule has 0 amide bonds. The van der Waals surface area contributed by atoms with Gasteiger partial charge in [-0.1, -0.05) is 18.1 Å². The summed E-state index contributed by atoms with van der Waals surface area (Å²) >= 11 is 0. The Bertz CT molecular complexity index is 1500. The zero-order chi connectivity index (χ0) is 25.5. The quantitative estimate of drug-likeness (QED) is 0.377. The largest absolute Gasteiger partial charge is 0.475 e. The molecule has 10 heteroatoms. The molecular weight excluding hydrogens is 468 g/mol. The minimum atomic E-state index is -0.0948. The zero-order valence-corrected chi connectivity index (χ0v) is 21.1. The van der Waals surface area contributed by atoms with Crippen LogP contribution in [0, 0.1) is 11.3 Å². The number of nitrogen functional groups attached to an aromatic ring is 1. The van der Waals surface area contributed by atoms with E-state index in [0.29, 0.717) is 46.9 Å². The molecule has 1 aromatic carbocycles. The van der Waals surface area contributed by atoms with Gasteiger partial charge in [0.25, 0.3) is 0 Å². The van der Waals surface area contributed by atoms with Crippen LogP contribution in [0.2, 0.25) is 0 Å². The second-order valence-electron chi connectivity index (χ2n) is 9.96. The van der Waals surface area contributed by atoms with E-state index in [1.165, 1.54) is 6.42 Å². The molecule has 4 aromatic rings.